The maximum Gasteiger partial charge on any atom is 0.157 e. The fourth-order valence-electron chi connectivity index (χ4n) is 2.15. The molecular weight excluding hydrogens is 270 g/mol. The zero-order valence-electron chi connectivity index (χ0n) is 11.4. The van der Waals surface area contributed by atoms with Crippen LogP contribution >= 0.6 is 11.3 Å². The fraction of sp³-hybridized carbons (Fsp3) is 0.200. The van der Waals surface area contributed by atoms with Crippen LogP contribution in [0, 0.1) is 0 Å². The molecule has 0 bridgehead atoms. The molecule has 1 N–H and O–H groups in total. The molecule has 0 unspecified atom stereocenters. The Morgan fingerprint density at radius 2 is 2.15 bits per heavy atom. The van der Waals surface area contributed by atoms with Gasteiger partial charge in [-0.15, -0.1) is 11.3 Å². The standard InChI is InChI=1S/C15H15N3OS/c1-16-13-8-12(17-14(18-13)9-19-2)11-5-3-4-10-6-7-20-15(10)11/h3-8H,9H2,1-2H3,(H,16,17,18). The molecule has 3 rings (SSSR count). The van der Waals surface area contributed by atoms with Crippen molar-refractivity contribution >= 4 is 27.2 Å². The molecule has 2 heterocycles. The highest BCUT2D eigenvalue weighted by molar-refractivity contribution is 7.17. The van der Waals surface area contributed by atoms with Crippen LogP contribution in [-0.2, 0) is 11.3 Å². The number of rotatable bonds is 4. The zero-order valence-corrected chi connectivity index (χ0v) is 12.2. The van der Waals surface area contributed by atoms with E-state index in [1.165, 1.54) is 10.1 Å². The molecule has 0 aliphatic carbocycles. The fourth-order valence-corrected chi connectivity index (χ4v) is 3.07. The third kappa shape index (κ3) is 2.37. The normalized spacial score (nSPS) is 10.9. The quantitative estimate of drug-likeness (QED) is 0.796. The van der Waals surface area contributed by atoms with Crippen LogP contribution in [0.2, 0.25) is 0 Å². The number of nitrogens with one attached hydrogen (secondary N) is 1. The highest BCUT2D eigenvalue weighted by Gasteiger charge is 2.10. The first-order chi connectivity index (χ1) is 9.81. The largest absolute Gasteiger partial charge is 0.377 e. The Labute approximate surface area is 121 Å². The van der Waals surface area contributed by atoms with E-state index in [1.54, 1.807) is 18.4 Å². The van der Waals surface area contributed by atoms with E-state index in [0.29, 0.717) is 12.4 Å². The molecule has 0 aliphatic heterocycles. The molecule has 0 saturated carbocycles. The molecule has 102 valence electrons. The van der Waals surface area contributed by atoms with Crippen LogP contribution in [0.5, 0.6) is 0 Å². The Balaban J connectivity index is 2.17. The van der Waals surface area contributed by atoms with Gasteiger partial charge < -0.3 is 10.1 Å². The monoisotopic (exact) mass is 285 g/mol. The predicted octanol–water partition coefficient (Wildman–Crippen LogP) is 3.55. The maximum atomic E-state index is 5.14. The number of thiophene rings is 1. The van der Waals surface area contributed by atoms with Gasteiger partial charge in [-0.05, 0) is 16.8 Å². The highest BCUT2D eigenvalue weighted by Crippen LogP contribution is 2.32. The second-order valence-electron chi connectivity index (χ2n) is 4.38. The average Bonchev–Trinajstić information content (AvgIpc) is 2.95. The molecule has 1 aromatic carbocycles. The lowest BCUT2D eigenvalue weighted by Crippen LogP contribution is -2.02. The van der Waals surface area contributed by atoms with Crippen molar-refractivity contribution in [1.82, 2.24) is 9.97 Å². The van der Waals surface area contributed by atoms with Gasteiger partial charge in [0.05, 0.1) is 5.69 Å². The number of fused-ring (bicyclic) bond motifs is 1. The van der Waals surface area contributed by atoms with Crippen LogP contribution in [0.25, 0.3) is 21.3 Å². The van der Waals surface area contributed by atoms with E-state index in [-0.39, 0.29) is 0 Å². The van der Waals surface area contributed by atoms with Crippen LogP contribution in [0.1, 0.15) is 5.82 Å². The number of anilines is 1. The summed E-state index contributed by atoms with van der Waals surface area (Å²) in [7, 11) is 3.50. The maximum absolute atomic E-state index is 5.14. The molecular formula is C15H15N3OS. The van der Waals surface area contributed by atoms with Crippen molar-refractivity contribution in [2.75, 3.05) is 19.5 Å². The second-order valence-corrected chi connectivity index (χ2v) is 5.30. The van der Waals surface area contributed by atoms with Gasteiger partial charge in [-0.25, -0.2) is 9.97 Å². The smallest absolute Gasteiger partial charge is 0.157 e. The minimum absolute atomic E-state index is 0.406. The van der Waals surface area contributed by atoms with Crippen LogP contribution in [0.3, 0.4) is 0 Å². The molecule has 4 nitrogen and oxygen atoms in total. The first-order valence-corrected chi connectivity index (χ1v) is 7.21. The van der Waals surface area contributed by atoms with Gasteiger partial charge in [0.25, 0.3) is 0 Å². The molecule has 2 aromatic heterocycles. The van der Waals surface area contributed by atoms with E-state index in [1.807, 2.05) is 13.1 Å². The number of nitrogens with zero attached hydrogens (tertiary/aromatic N) is 2. The van der Waals surface area contributed by atoms with Gasteiger partial charge in [-0.3, -0.25) is 0 Å². The molecule has 3 aromatic rings. The van der Waals surface area contributed by atoms with Crippen LogP contribution in [0.4, 0.5) is 5.82 Å². The Morgan fingerprint density at radius 3 is 2.95 bits per heavy atom. The first kappa shape index (κ1) is 13.0. The third-order valence-corrected chi connectivity index (χ3v) is 4.02. The summed E-state index contributed by atoms with van der Waals surface area (Å²) in [6.07, 6.45) is 0. The van der Waals surface area contributed by atoms with Crippen LogP contribution < -0.4 is 5.32 Å². The summed E-state index contributed by atoms with van der Waals surface area (Å²) in [5, 5.41) is 6.42. The van der Waals surface area contributed by atoms with Gasteiger partial charge in [-0.1, -0.05) is 18.2 Å². The minimum Gasteiger partial charge on any atom is -0.377 e. The van der Waals surface area contributed by atoms with Gasteiger partial charge in [0.1, 0.15) is 12.4 Å². The first-order valence-electron chi connectivity index (χ1n) is 6.33. The predicted molar refractivity (Wildman–Crippen MR) is 83.1 cm³/mol. The number of hydrogen-bond donors (Lipinski definition) is 1. The lowest BCUT2D eigenvalue weighted by atomic mass is 10.1. The van der Waals surface area contributed by atoms with Gasteiger partial charge in [0.15, 0.2) is 5.82 Å². The molecule has 20 heavy (non-hydrogen) atoms. The molecule has 0 radical (unpaired) electrons. The molecule has 0 aliphatic rings. The van der Waals surface area contributed by atoms with Crippen molar-refractivity contribution in [1.29, 1.82) is 0 Å². The molecule has 0 saturated heterocycles. The number of ether oxygens (including phenoxy) is 1. The number of hydrogen-bond acceptors (Lipinski definition) is 5. The highest BCUT2D eigenvalue weighted by atomic mass is 32.1. The minimum atomic E-state index is 0.406. The summed E-state index contributed by atoms with van der Waals surface area (Å²) in [5.41, 5.74) is 2.05. The second kappa shape index (κ2) is 5.56. The summed E-state index contributed by atoms with van der Waals surface area (Å²) in [6, 6.07) is 10.4. The topological polar surface area (TPSA) is 47.0 Å². The van der Waals surface area contributed by atoms with Crippen molar-refractivity contribution in [3.63, 3.8) is 0 Å². The van der Waals surface area contributed by atoms with Crippen LogP contribution in [-0.4, -0.2) is 24.1 Å². The van der Waals surface area contributed by atoms with Gasteiger partial charge >= 0.3 is 0 Å². The summed E-state index contributed by atoms with van der Waals surface area (Å²) in [5.74, 6) is 1.48. The number of aromatic nitrogens is 2. The molecule has 5 heteroatoms. The lowest BCUT2D eigenvalue weighted by Gasteiger charge is -2.08. The zero-order chi connectivity index (χ0) is 13.9. The van der Waals surface area contributed by atoms with E-state index in [0.717, 1.165) is 17.1 Å². The Hall–Kier alpha value is -1.98. The number of methoxy groups -OCH3 is 1. The van der Waals surface area contributed by atoms with Crippen molar-refractivity contribution in [3.8, 4) is 11.3 Å². The Bertz CT molecular complexity index is 739. The van der Waals surface area contributed by atoms with Gasteiger partial charge in [-0.2, -0.15) is 0 Å². The van der Waals surface area contributed by atoms with Gasteiger partial charge in [0.2, 0.25) is 0 Å². The summed E-state index contributed by atoms with van der Waals surface area (Å²) in [6.45, 7) is 0.406. The molecule has 0 spiro atoms. The van der Waals surface area contributed by atoms with E-state index in [2.05, 4.69) is 44.9 Å². The number of benzene rings is 1. The van der Waals surface area contributed by atoms with Gasteiger partial charge in [0, 0.05) is 30.5 Å². The summed E-state index contributed by atoms with van der Waals surface area (Å²) < 4.78 is 6.39. The summed E-state index contributed by atoms with van der Waals surface area (Å²) in [4.78, 5) is 8.99. The van der Waals surface area contributed by atoms with Crippen molar-refractivity contribution in [2.24, 2.45) is 0 Å². The Morgan fingerprint density at radius 1 is 1.25 bits per heavy atom. The van der Waals surface area contributed by atoms with Crippen molar-refractivity contribution in [2.45, 2.75) is 6.61 Å². The third-order valence-electron chi connectivity index (χ3n) is 3.06. The van der Waals surface area contributed by atoms with E-state index in [9.17, 15) is 0 Å². The van der Waals surface area contributed by atoms with Crippen molar-refractivity contribution < 1.29 is 4.74 Å². The van der Waals surface area contributed by atoms with E-state index in [4.69, 9.17) is 4.74 Å². The van der Waals surface area contributed by atoms with E-state index >= 15 is 0 Å². The summed E-state index contributed by atoms with van der Waals surface area (Å²) >= 11 is 1.73. The SMILES string of the molecule is CNc1cc(-c2cccc3ccsc23)nc(COC)n1. The average molecular weight is 285 g/mol. The Kier molecular flexibility index (Phi) is 3.62. The molecule has 0 atom stereocenters. The van der Waals surface area contributed by atoms with Crippen molar-refractivity contribution in [3.05, 3.63) is 41.5 Å². The lowest BCUT2D eigenvalue weighted by molar-refractivity contribution is 0.178. The van der Waals surface area contributed by atoms with Crippen LogP contribution in [0.15, 0.2) is 35.7 Å². The molecule has 0 fully saturated rings. The van der Waals surface area contributed by atoms with E-state index < -0.39 is 0 Å². The molecule has 0 amide bonds.